The predicted molar refractivity (Wildman–Crippen MR) is 94.4 cm³/mol. The lowest BCUT2D eigenvalue weighted by atomic mass is 10.0. The summed E-state index contributed by atoms with van der Waals surface area (Å²) in [6, 6.07) is 3.17. The van der Waals surface area contributed by atoms with Crippen molar-refractivity contribution >= 4 is 15.9 Å². The molecule has 138 valence electrons. The number of amides is 1. The maximum Gasteiger partial charge on any atom is 0.255 e. The maximum absolute atomic E-state index is 12.8. The van der Waals surface area contributed by atoms with E-state index in [1.165, 1.54) is 13.1 Å². The Bertz CT molecular complexity index is 772. The second-order valence-electron chi connectivity index (χ2n) is 6.76. The summed E-state index contributed by atoms with van der Waals surface area (Å²) >= 11 is 0. The average Bonchev–Trinajstić information content (AvgIpc) is 3.21. The van der Waals surface area contributed by atoms with Crippen LogP contribution in [0.2, 0.25) is 0 Å². The van der Waals surface area contributed by atoms with E-state index in [0.29, 0.717) is 12.2 Å². The lowest BCUT2D eigenvalue weighted by Crippen LogP contribution is -2.45. The summed E-state index contributed by atoms with van der Waals surface area (Å²) < 4.78 is 32.5. The summed E-state index contributed by atoms with van der Waals surface area (Å²) in [5.41, 5.74) is 1.03. The van der Waals surface area contributed by atoms with Gasteiger partial charge < -0.3 is 15.4 Å². The molecular formula is C17H25N3O4S. The molecule has 8 heteroatoms. The zero-order chi connectivity index (χ0) is 18.2. The molecule has 3 unspecified atom stereocenters. The van der Waals surface area contributed by atoms with Crippen LogP contribution in [-0.2, 0) is 16.4 Å². The van der Waals surface area contributed by atoms with E-state index in [1.807, 2.05) is 13.8 Å². The molecule has 3 N–H and O–H groups in total. The lowest BCUT2D eigenvalue weighted by Gasteiger charge is -2.21. The van der Waals surface area contributed by atoms with Crippen molar-refractivity contribution in [1.82, 2.24) is 15.4 Å². The molecule has 25 heavy (non-hydrogen) atoms. The minimum atomic E-state index is -3.64. The molecular weight excluding hydrogens is 342 g/mol. The van der Waals surface area contributed by atoms with Crippen LogP contribution in [0.3, 0.4) is 0 Å². The number of carbonyl (C=O) groups excluding carboxylic acids is 1. The first-order chi connectivity index (χ1) is 11.8. The van der Waals surface area contributed by atoms with Gasteiger partial charge in [0.1, 0.15) is 11.9 Å². The molecule has 1 amide bonds. The zero-order valence-electron chi connectivity index (χ0n) is 14.8. The first kappa shape index (κ1) is 18.2. The third-order valence-electron chi connectivity index (χ3n) is 4.85. The molecule has 2 aliphatic heterocycles. The third kappa shape index (κ3) is 3.65. The maximum atomic E-state index is 12.8. The van der Waals surface area contributed by atoms with Crippen molar-refractivity contribution in [2.45, 2.75) is 56.2 Å². The molecule has 0 aliphatic carbocycles. The molecule has 0 saturated carbocycles. The normalized spacial score (nSPS) is 23.8. The number of carbonyl (C=O) groups is 1. The molecule has 1 saturated heterocycles. The summed E-state index contributed by atoms with van der Waals surface area (Å²) in [5.74, 6) is 0.186. The van der Waals surface area contributed by atoms with Gasteiger partial charge in [-0.05, 0) is 58.0 Å². The molecule has 0 radical (unpaired) electrons. The van der Waals surface area contributed by atoms with Gasteiger partial charge in [0, 0.05) is 18.5 Å². The van der Waals surface area contributed by atoms with Crippen LogP contribution < -0.4 is 20.1 Å². The van der Waals surface area contributed by atoms with E-state index in [1.54, 1.807) is 6.07 Å². The first-order valence-electron chi connectivity index (χ1n) is 8.63. The van der Waals surface area contributed by atoms with Gasteiger partial charge in [0.2, 0.25) is 10.0 Å². The smallest absolute Gasteiger partial charge is 0.255 e. The van der Waals surface area contributed by atoms with E-state index < -0.39 is 10.0 Å². The van der Waals surface area contributed by atoms with E-state index >= 15 is 0 Å². The second-order valence-corrected chi connectivity index (χ2v) is 8.65. The van der Waals surface area contributed by atoms with Gasteiger partial charge in [-0.2, -0.15) is 0 Å². The van der Waals surface area contributed by atoms with Gasteiger partial charge in [-0.3, -0.25) is 4.79 Å². The summed E-state index contributed by atoms with van der Waals surface area (Å²) in [7, 11) is -2.28. The van der Waals surface area contributed by atoms with Crippen LogP contribution in [0.1, 0.15) is 42.6 Å². The van der Waals surface area contributed by atoms with Crippen LogP contribution in [0.5, 0.6) is 5.75 Å². The molecule has 3 atom stereocenters. The van der Waals surface area contributed by atoms with Crippen LogP contribution >= 0.6 is 0 Å². The Morgan fingerprint density at radius 2 is 2.16 bits per heavy atom. The number of nitrogens with one attached hydrogen (secondary N) is 3. The summed E-state index contributed by atoms with van der Waals surface area (Å²) in [4.78, 5) is 12.9. The summed E-state index contributed by atoms with van der Waals surface area (Å²) in [5, 5.41) is 6.35. The fraction of sp³-hybridized carbons (Fsp3) is 0.588. The highest BCUT2D eigenvalue weighted by Crippen LogP contribution is 2.35. The number of ether oxygens (including phenoxy) is 1. The van der Waals surface area contributed by atoms with Gasteiger partial charge in [-0.25, -0.2) is 13.1 Å². The Kier molecular flexibility index (Phi) is 5.04. The fourth-order valence-electron chi connectivity index (χ4n) is 3.47. The number of hydrogen-bond donors (Lipinski definition) is 3. The molecule has 0 spiro atoms. The Hall–Kier alpha value is -1.64. The number of hydrogen-bond acceptors (Lipinski definition) is 5. The molecule has 3 rings (SSSR count). The van der Waals surface area contributed by atoms with Crippen molar-refractivity contribution < 1.29 is 17.9 Å². The van der Waals surface area contributed by atoms with Crippen molar-refractivity contribution in [3.63, 3.8) is 0 Å². The summed E-state index contributed by atoms with van der Waals surface area (Å²) in [6.07, 6.45) is 2.61. The highest BCUT2D eigenvalue weighted by atomic mass is 32.2. The van der Waals surface area contributed by atoms with Crippen molar-refractivity contribution in [2.24, 2.45) is 0 Å². The Morgan fingerprint density at radius 3 is 2.80 bits per heavy atom. The highest BCUT2D eigenvalue weighted by molar-refractivity contribution is 7.89. The predicted octanol–water partition coefficient (Wildman–Crippen LogP) is 0.788. The van der Waals surface area contributed by atoms with Gasteiger partial charge in [0.25, 0.3) is 5.91 Å². The SMILES string of the molecule is CNS(=O)(=O)c1cc2c(c(C(=O)NC(C)C3CCCN3)c1)OC(C)C2. The number of fused-ring (bicyclic) bond motifs is 1. The van der Waals surface area contributed by atoms with Crippen LogP contribution in [0.25, 0.3) is 0 Å². The molecule has 7 nitrogen and oxygen atoms in total. The Morgan fingerprint density at radius 1 is 1.40 bits per heavy atom. The van der Waals surface area contributed by atoms with Crippen LogP contribution in [0.4, 0.5) is 0 Å². The Balaban J connectivity index is 1.92. The van der Waals surface area contributed by atoms with Crippen molar-refractivity contribution in [2.75, 3.05) is 13.6 Å². The third-order valence-corrected chi connectivity index (χ3v) is 6.24. The monoisotopic (exact) mass is 367 g/mol. The molecule has 0 aromatic heterocycles. The van der Waals surface area contributed by atoms with Crippen molar-refractivity contribution in [3.05, 3.63) is 23.3 Å². The topological polar surface area (TPSA) is 96.5 Å². The van der Waals surface area contributed by atoms with E-state index in [0.717, 1.165) is 24.9 Å². The largest absolute Gasteiger partial charge is 0.489 e. The van der Waals surface area contributed by atoms with Gasteiger partial charge in [0.05, 0.1) is 10.5 Å². The van der Waals surface area contributed by atoms with Gasteiger partial charge in [-0.1, -0.05) is 0 Å². The molecule has 2 aliphatic rings. The second kappa shape index (κ2) is 6.93. The van der Waals surface area contributed by atoms with Crippen LogP contribution in [0.15, 0.2) is 17.0 Å². The van der Waals surface area contributed by atoms with Crippen molar-refractivity contribution in [3.8, 4) is 5.75 Å². The molecule has 1 aromatic carbocycles. The average molecular weight is 367 g/mol. The van der Waals surface area contributed by atoms with E-state index in [-0.39, 0.29) is 34.6 Å². The van der Waals surface area contributed by atoms with E-state index in [4.69, 9.17) is 4.74 Å². The number of sulfonamides is 1. The van der Waals surface area contributed by atoms with Crippen LogP contribution in [0, 0.1) is 0 Å². The van der Waals surface area contributed by atoms with Crippen LogP contribution in [-0.4, -0.2) is 46.1 Å². The number of rotatable bonds is 5. The molecule has 2 heterocycles. The quantitative estimate of drug-likeness (QED) is 0.715. The fourth-order valence-corrected chi connectivity index (χ4v) is 4.27. The first-order valence-corrected chi connectivity index (χ1v) is 10.1. The number of benzene rings is 1. The minimum absolute atomic E-state index is 0.0472. The zero-order valence-corrected chi connectivity index (χ0v) is 15.6. The van der Waals surface area contributed by atoms with E-state index in [2.05, 4.69) is 15.4 Å². The summed E-state index contributed by atoms with van der Waals surface area (Å²) in [6.45, 7) is 4.81. The highest BCUT2D eigenvalue weighted by Gasteiger charge is 2.30. The van der Waals surface area contributed by atoms with Gasteiger partial charge in [-0.15, -0.1) is 0 Å². The standard InChI is InChI=1S/C17H25N3O4S/c1-10-7-12-8-13(25(22,23)18-3)9-14(16(12)24-10)17(21)20-11(2)15-5-4-6-19-15/h8-11,15,18-19H,4-7H2,1-3H3,(H,20,21). The molecule has 1 fully saturated rings. The lowest BCUT2D eigenvalue weighted by molar-refractivity contribution is 0.0928. The van der Waals surface area contributed by atoms with Gasteiger partial charge >= 0.3 is 0 Å². The Labute approximate surface area is 148 Å². The minimum Gasteiger partial charge on any atom is -0.489 e. The van der Waals surface area contributed by atoms with Crippen molar-refractivity contribution in [1.29, 1.82) is 0 Å². The molecule has 0 bridgehead atoms. The van der Waals surface area contributed by atoms with E-state index in [9.17, 15) is 13.2 Å². The van der Waals surface area contributed by atoms with Gasteiger partial charge in [0.15, 0.2) is 0 Å². The molecule has 1 aromatic rings.